The molecule has 0 heterocycles. The molecule has 2 unspecified atom stereocenters. The summed E-state index contributed by atoms with van der Waals surface area (Å²) >= 11 is 0. The normalized spacial score (nSPS) is 13.0. The van der Waals surface area contributed by atoms with Crippen LogP contribution >= 0.6 is 0 Å². The van der Waals surface area contributed by atoms with Gasteiger partial charge in [0.05, 0.1) is 25.4 Å². The number of unbranched alkanes of at least 4 members (excludes halogenated alkanes) is 34. The molecule has 6 nitrogen and oxygen atoms in total. The van der Waals surface area contributed by atoms with E-state index in [-0.39, 0.29) is 18.5 Å². The van der Waals surface area contributed by atoms with E-state index < -0.39 is 12.1 Å². The number of amides is 1. The van der Waals surface area contributed by atoms with Gasteiger partial charge in [-0.25, -0.2) is 0 Å². The first-order valence-electron chi connectivity index (χ1n) is 27.9. The highest BCUT2D eigenvalue weighted by Gasteiger charge is 2.18. The molecule has 0 bridgehead atoms. The Morgan fingerprint density at radius 2 is 0.781 bits per heavy atom. The fourth-order valence-electron chi connectivity index (χ4n) is 8.25. The Hall–Kier alpha value is -2.18. The molecule has 0 saturated carbocycles. The molecule has 0 rings (SSSR count). The molecule has 64 heavy (non-hydrogen) atoms. The minimum Gasteiger partial charge on any atom is -0.466 e. The summed E-state index contributed by atoms with van der Waals surface area (Å²) in [6.45, 7) is 4.84. The Kier molecular flexibility index (Phi) is 51.6. The predicted octanol–water partition coefficient (Wildman–Crippen LogP) is 17.0. The van der Waals surface area contributed by atoms with Crippen LogP contribution in [0.4, 0.5) is 0 Å². The van der Waals surface area contributed by atoms with Crippen molar-refractivity contribution in [3.05, 3.63) is 48.6 Å². The van der Waals surface area contributed by atoms with Gasteiger partial charge in [-0.3, -0.25) is 9.59 Å². The van der Waals surface area contributed by atoms with E-state index in [1.807, 2.05) is 6.08 Å². The van der Waals surface area contributed by atoms with Crippen LogP contribution in [0.25, 0.3) is 0 Å². The van der Waals surface area contributed by atoms with Crippen LogP contribution in [-0.2, 0) is 14.3 Å². The predicted molar refractivity (Wildman–Crippen MR) is 278 cm³/mol. The number of rotatable bonds is 51. The fraction of sp³-hybridized carbons (Fsp3) is 0.828. The molecule has 6 heteroatoms. The average molecular weight is 898 g/mol. The second kappa shape index (κ2) is 53.4. The number of aliphatic hydroxyl groups is 2. The van der Waals surface area contributed by atoms with E-state index in [1.165, 1.54) is 173 Å². The molecular weight excluding hydrogens is 791 g/mol. The van der Waals surface area contributed by atoms with E-state index in [0.717, 1.165) is 83.5 Å². The zero-order valence-electron chi connectivity index (χ0n) is 42.5. The van der Waals surface area contributed by atoms with Gasteiger partial charge < -0.3 is 20.3 Å². The highest BCUT2D eigenvalue weighted by atomic mass is 16.5. The number of carbonyl (C=O) groups is 2. The number of nitrogens with one attached hydrogen (secondary N) is 1. The van der Waals surface area contributed by atoms with Crippen molar-refractivity contribution in [2.75, 3.05) is 13.2 Å². The van der Waals surface area contributed by atoms with Crippen LogP contribution in [0.1, 0.15) is 284 Å². The molecule has 3 N–H and O–H groups in total. The molecule has 0 radical (unpaired) electrons. The van der Waals surface area contributed by atoms with Gasteiger partial charge in [-0.2, -0.15) is 0 Å². The third-order valence-corrected chi connectivity index (χ3v) is 12.6. The molecule has 0 aromatic heterocycles. The summed E-state index contributed by atoms with van der Waals surface area (Å²) in [4.78, 5) is 24.5. The summed E-state index contributed by atoms with van der Waals surface area (Å²) < 4.78 is 5.44. The highest BCUT2D eigenvalue weighted by Crippen LogP contribution is 2.15. The van der Waals surface area contributed by atoms with E-state index in [4.69, 9.17) is 4.74 Å². The summed E-state index contributed by atoms with van der Waals surface area (Å²) in [5.41, 5.74) is 0. The van der Waals surface area contributed by atoms with E-state index in [2.05, 4.69) is 55.6 Å². The van der Waals surface area contributed by atoms with Crippen LogP contribution in [0, 0.1) is 0 Å². The molecule has 374 valence electrons. The lowest BCUT2D eigenvalue weighted by molar-refractivity contribution is -0.143. The van der Waals surface area contributed by atoms with Crippen molar-refractivity contribution in [3.8, 4) is 0 Å². The molecule has 0 aliphatic heterocycles. The third kappa shape index (κ3) is 49.3. The molecule has 0 saturated heterocycles. The Labute approximate surface area is 397 Å². The maximum atomic E-state index is 12.5. The minimum atomic E-state index is -0.856. The van der Waals surface area contributed by atoms with E-state index in [9.17, 15) is 19.8 Å². The monoisotopic (exact) mass is 898 g/mol. The molecule has 0 fully saturated rings. The first kappa shape index (κ1) is 61.8. The summed E-state index contributed by atoms with van der Waals surface area (Å²) in [7, 11) is 0. The minimum absolute atomic E-state index is 0.0262. The largest absolute Gasteiger partial charge is 0.466 e. The standard InChI is InChI=1S/C58H107NO5/c1-3-5-7-9-11-13-15-17-18-20-23-27-30-34-38-42-46-50-56(61)55(54-60)59-57(62)51-47-43-39-35-31-28-24-21-19-22-25-29-33-37-41-45-49-53-64-58(63)52-48-44-40-36-32-26-16-14-12-10-8-6-4-2/h14,16,19,22,29,33,46,50,55-56,60-61H,3-13,15,17-18,20-21,23-28,30-32,34-45,47-49,51-54H2,1-2H3,(H,59,62)/b16-14-,22-19-,33-29-,50-46+. The number of aliphatic hydroxyl groups excluding tert-OH is 2. The van der Waals surface area contributed by atoms with Gasteiger partial charge in [0, 0.05) is 12.8 Å². The molecule has 2 atom stereocenters. The van der Waals surface area contributed by atoms with Gasteiger partial charge in [-0.1, -0.05) is 223 Å². The topological polar surface area (TPSA) is 95.9 Å². The number of allylic oxidation sites excluding steroid dienone is 7. The SMILES string of the molecule is CCCCCC/C=C\CCCCCCCC(=O)OCCCCC/C=C\C/C=C\CCCCCCCCCC(=O)NC(CO)C(O)/C=C/CCCCCCCCCCCCCCCCC. The van der Waals surface area contributed by atoms with Crippen LogP contribution in [0.5, 0.6) is 0 Å². The third-order valence-electron chi connectivity index (χ3n) is 12.6. The number of carbonyl (C=O) groups excluding carboxylic acids is 2. The van der Waals surface area contributed by atoms with Crippen molar-refractivity contribution in [1.82, 2.24) is 5.32 Å². The molecule has 0 aromatic rings. The molecule has 0 spiro atoms. The van der Waals surface area contributed by atoms with Gasteiger partial charge in [-0.15, -0.1) is 0 Å². The van der Waals surface area contributed by atoms with E-state index >= 15 is 0 Å². The van der Waals surface area contributed by atoms with E-state index in [0.29, 0.717) is 19.4 Å². The smallest absolute Gasteiger partial charge is 0.305 e. The maximum absolute atomic E-state index is 12.5. The summed E-state index contributed by atoms with van der Waals surface area (Å²) in [6, 6.07) is -0.641. The first-order chi connectivity index (χ1) is 31.5. The van der Waals surface area contributed by atoms with Crippen LogP contribution in [0.2, 0.25) is 0 Å². The Morgan fingerprint density at radius 3 is 1.22 bits per heavy atom. The van der Waals surface area contributed by atoms with Gasteiger partial charge in [0.25, 0.3) is 0 Å². The van der Waals surface area contributed by atoms with Crippen molar-refractivity contribution in [2.24, 2.45) is 0 Å². The van der Waals surface area contributed by atoms with Crippen LogP contribution in [-0.4, -0.2) is 47.4 Å². The Bertz CT molecular complexity index is 1080. The van der Waals surface area contributed by atoms with Crippen molar-refractivity contribution in [2.45, 2.75) is 296 Å². The molecule has 0 aliphatic rings. The molecule has 0 aromatic carbocycles. The van der Waals surface area contributed by atoms with Gasteiger partial charge in [0.2, 0.25) is 5.91 Å². The zero-order chi connectivity index (χ0) is 46.5. The molecule has 0 aliphatic carbocycles. The zero-order valence-corrected chi connectivity index (χ0v) is 42.5. The number of hydrogen-bond donors (Lipinski definition) is 3. The van der Waals surface area contributed by atoms with Gasteiger partial charge in [-0.05, 0) is 96.3 Å². The molecule has 1 amide bonds. The number of hydrogen-bond acceptors (Lipinski definition) is 5. The Morgan fingerprint density at radius 1 is 0.438 bits per heavy atom. The maximum Gasteiger partial charge on any atom is 0.305 e. The van der Waals surface area contributed by atoms with Crippen molar-refractivity contribution >= 4 is 11.9 Å². The average Bonchev–Trinajstić information content (AvgIpc) is 3.29. The van der Waals surface area contributed by atoms with E-state index in [1.54, 1.807) is 6.08 Å². The second-order valence-corrected chi connectivity index (χ2v) is 18.9. The highest BCUT2D eigenvalue weighted by molar-refractivity contribution is 5.76. The van der Waals surface area contributed by atoms with Gasteiger partial charge >= 0.3 is 5.97 Å². The quantitative estimate of drug-likeness (QED) is 0.0321. The lowest BCUT2D eigenvalue weighted by Crippen LogP contribution is -2.45. The van der Waals surface area contributed by atoms with Crippen molar-refractivity contribution in [1.29, 1.82) is 0 Å². The lowest BCUT2D eigenvalue weighted by Gasteiger charge is -2.20. The summed E-state index contributed by atoms with van der Waals surface area (Å²) in [5.74, 6) is -0.110. The van der Waals surface area contributed by atoms with Crippen molar-refractivity contribution in [3.63, 3.8) is 0 Å². The summed E-state index contributed by atoms with van der Waals surface area (Å²) in [6.07, 6.45) is 66.9. The fourth-order valence-corrected chi connectivity index (χ4v) is 8.25. The number of esters is 1. The van der Waals surface area contributed by atoms with Crippen LogP contribution < -0.4 is 5.32 Å². The van der Waals surface area contributed by atoms with Crippen LogP contribution in [0.3, 0.4) is 0 Å². The lowest BCUT2D eigenvalue weighted by atomic mass is 10.0. The summed E-state index contributed by atoms with van der Waals surface area (Å²) in [5, 5.41) is 23.1. The number of ether oxygens (including phenoxy) is 1. The van der Waals surface area contributed by atoms with Gasteiger partial charge in [0.15, 0.2) is 0 Å². The van der Waals surface area contributed by atoms with Crippen LogP contribution in [0.15, 0.2) is 48.6 Å². The second-order valence-electron chi connectivity index (χ2n) is 18.9. The van der Waals surface area contributed by atoms with Crippen molar-refractivity contribution < 1.29 is 24.5 Å². The Balaban J connectivity index is 3.55. The first-order valence-corrected chi connectivity index (χ1v) is 27.9. The molecular formula is C58H107NO5. The van der Waals surface area contributed by atoms with Gasteiger partial charge in [0.1, 0.15) is 0 Å².